The Kier molecular flexibility index (Phi) is 5.76. The second-order valence-corrected chi connectivity index (χ2v) is 6.84. The monoisotopic (exact) mass is 397 g/mol. The zero-order chi connectivity index (χ0) is 20.3. The van der Waals surface area contributed by atoms with E-state index in [0.29, 0.717) is 62.6 Å². The number of esters is 1. The van der Waals surface area contributed by atoms with Crippen LogP contribution in [0.25, 0.3) is 10.2 Å². The average molecular weight is 397 g/mol. The molecule has 144 valence electrons. The number of carbonyl (C=O) groups excluding carboxylic acids is 1. The van der Waals surface area contributed by atoms with Gasteiger partial charge in [-0.1, -0.05) is 0 Å². The summed E-state index contributed by atoms with van der Waals surface area (Å²) in [5, 5.41) is 9.77. The molecule has 0 saturated carbocycles. The lowest BCUT2D eigenvalue weighted by Crippen LogP contribution is -2.03. The van der Waals surface area contributed by atoms with Crippen molar-refractivity contribution < 1.29 is 19.0 Å². The van der Waals surface area contributed by atoms with Crippen LogP contribution in [0.1, 0.15) is 40.5 Å². The second-order valence-electron chi connectivity index (χ2n) is 5.84. The number of aryl methyl sites for hydroxylation is 2. The number of nitriles is 1. The number of rotatable bonds is 6. The van der Waals surface area contributed by atoms with Crippen LogP contribution in [0.5, 0.6) is 17.4 Å². The second kappa shape index (κ2) is 8.23. The summed E-state index contributed by atoms with van der Waals surface area (Å²) in [7, 11) is 0. The number of carbonyl (C=O) groups is 1. The summed E-state index contributed by atoms with van der Waals surface area (Å²) in [6, 6.07) is 7.02. The minimum atomic E-state index is -0.389. The van der Waals surface area contributed by atoms with Crippen LogP contribution in [-0.2, 0) is 4.74 Å². The predicted octanol–water partition coefficient (Wildman–Crippen LogP) is 4.55. The van der Waals surface area contributed by atoms with Crippen molar-refractivity contribution >= 4 is 27.5 Å². The van der Waals surface area contributed by atoms with Crippen molar-refractivity contribution in [1.82, 2.24) is 9.97 Å². The quantitative estimate of drug-likeness (QED) is 0.563. The van der Waals surface area contributed by atoms with Crippen LogP contribution in [0.4, 0.5) is 0 Å². The topological polar surface area (TPSA) is 94.3 Å². The Morgan fingerprint density at radius 3 is 2.64 bits per heavy atom. The van der Waals surface area contributed by atoms with Crippen molar-refractivity contribution in [2.75, 3.05) is 13.2 Å². The van der Waals surface area contributed by atoms with Gasteiger partial charge >= 0.3 is 5.97 Å². The molecule has 0 aliphatic heterocycles. The summed E-state index contributed by atoms with van der Waals surface area (Å²) in [4.78, 5) is 22.2. The van der Waals surface area contributed by atoms with Gasteiger partial charge in [-0.15, -0.1) is 11.3 Å². The molecule has 2 aromatic heterocycles. The summed E-state index contributed by atoms with van der Waals surface area (Å²) in [6.45, 7) is 7.91. The highest BCUT2D eigenvalue weighted by atomic mass is 32.1. The molecule has 0 atom stereocenters. The van der Waals surface area contributed by atoms with E-state index in [4.69, 9.17) is 19.5 Å². The van der Waals surface area contributed by atoms with Gasteiger partial charge in [0.15, 0.2) is 11.5 Å². The molecule has 0 bridgehead atoms. The zero-order valence-corrected chi connectivity index (χ0v) is 16.8. The van der Waals surface area contributed by atoms with E-state index in [1.807, 2.05) is 13.8 Å². The van der Waals surface area contributed by atoms with E-state index >= 15 is 0 Å². The van der Waals surface area contributed by atoms with Gasteiger partial charge in [-0.3, -0.25) is 0 Å². The van der Waals surface area contributed by atoms with E-state index in [1.54, 1.807) is 32.0 Å². The summed E-state index contributed by atoms with van der Waals surface area (Å²) < 4.78 is 16.8. The molecule has 28 heavy (non-hydrogen) atoms. The number of thiophene rings is 1. The molecule has 0 aliphatic carbocycles. The number of aromatic nitrogens is 2. The molecule has 0 fully saturated rings. The van der Waals surface area contributed by atoms with Crippen molar-refractivity contribution in [2.24, 2.45) is 0 Å². The molecule has 0 saturated heterocycles. The molecule has 0 amide bonds. The normalized spacial score (nSPS) is 10.5. The Bertz CT molecular complexity index is 1090. The largest absolute Gasteiger partial charge is 0.490 e. The van der Waals surface area contributed by atoms with Crippen LogP contribution in [0, 0.1) is 25.2 Å². The molecule has 0 spiro atoms. The molecular weight excluding hydrogens is 378 g/mol. The molecule has 0 N–H and O–H groups in total. The van der Waals surface area contributed by atoms with E-state index in [2.05, 4.69) is 16.0 Å². The maximum atomic E-state index is 12.2. The average Bonchev–Trinajstić information content (AvgIpc) is 3.00. The minimum Gasteiger partial charge on any atom is -0.490 e. The first-order chi connectivity index (χ1) is 13.5. The molecule has 0 aliphatic rings. The number of hydrogen-bond donors (Lipinski definition) is 0. The first-order valence-electron chi connectivity index (χ1n) is 8.78. The van der Waals surface area contributed by atoms with Crippen molar-refractivity contribution in [3.05, 3.63) is 40.0 Å². The molecule has 0 unspecified atom stereocenters. The lowest BCUT2D eigenvalue weighted by atomic mass is 10.2. The Labute approximate surface area is 166 Å². The molecular formula is C20H19N3O4S. The third kappa shape index (κ3) is 3.75. The lowest BCUT2D eigenvalue weighted by Gasteiger charge is -2.12. The first kappa shape index (κ1) is 19.6. The summed E-state index contributed by atoms with van der Waals surface area (Å²) >= 11 is 1.25. The highest BCUT2D eigenvalue weighted by Gasteiger charge is 2.22. The zero-order valence-electron chi connectivity index (χ0n) is 16.0. The smallest absolute Gasteiger partial charge is 0.348 e. The van der Waals surface area contributed by atoms with Crippen molar-refractivity contribution in [2.45, 2.75) is 27.7 Å². The molecule has 2 heterocycles. The molecule has 1 aromatic carbocycles. The standard InChI is InChI=1S/C20H19N3O4S/c1-5-25-15-9-13(10-21)7-8-14(15)27-18-16-11(3)17(20(24)26-6-2)28-19(16)23-12(4)22-18/h7-9H,5-6H2,1-4H3. The highest BCUT2D eigenvalue weighted by Crippen LogP contribution is 2.39. The van der Waals surface area contributed by atoms with Crippen molar-refractivity contribution in [3.63, 3.8) is 0 Å². The highest BCUT2D eigenvalue weighted by molar-refractivity contribution is 7.20. The van der Waals surface area contributed by atoms with Crippen LogP contribution in [0.3, 0.4) is 0 Å². The first-order valence-corrected chi connectivity index (χ1v) is 9.59. The fraction of sp³-hybridized carbons (Fsp3) is 0.300. The van der Waals surface area contributed by atoms with Crippen LogP contribution >= 0.6 is 11.3 Å². The third-order valence-electron chi connectivity index (χ3n) is 3.91. The van der Waals surface area contributed by atoms with Crippen LogP contribution in [0.2, 0.25) is 0 Å². The van der Waals surface area contributed by atoms with E-state index in [-0.39, 0.29) is 5.97 Å². The molecule has 8 heteroatoms. The van der Waals surface area contributed by atoms with E-state index in [1.165, 1.54) is 11.3 Å². The van der Waals surface area contributed by atoms with Gasteiger partial charge in [-0.05, 0) is 45.4 Å². The summed E-state index contributed by atoms with van der Waals surface area (Å²) in [5.41, 5.74) is 1.18. The number of fused-ring (bicyclic) bond motifs is 1. The van der Waals surface area contributed by atoms with Crippen molar-refractivity contribution in [3.8, 4) is 23.4 Å². The number of hydrogen-bond acceptors (Lipinski definition) is 8. The van der Waals surface area contributed by atoms with Gasteiger partial charge in [-0.2, -0.15) is 10.2 Å². The Morgan fingerprint density at radius 2 is 1.96 bits per heavy atom. The Morgan fingerprint density at radius 1 is 1.18 bits per heavy atom. The van der Waals surface area contributed by atoms with Crippen molar-refractivity contribution in [1.29, 1.82) is 5.26 Å². The van der Waals surface area contributed by atoms with Gasteiger partial charge in [-0.25, -0.2) is 9.78 Å². The SMILES string of the molecule is CCOC(=O)c1sc2nc(C)nc(Oc3ccc(C#N)cc3OCC)c2c1C. The van der Waals surface area contributed by atoms with Gasteiger partial charge in [0.1, 0.15) is 15.5 Å². The van der Waals surface area contributed by atoms with E-state index in [0.717, 1.165) is 0 Å². The maximum Gasteiger partial charge on any atom is 0.348 e. The van der Waals surface area contributed by atoms with E-state index in [9.17, 15) is 4.79 Å². The molecule has 3 rings (SSSR count). The predicted molar refractivity (Wildman–Crippen MR) is 105 cm³/mol. The lowest BCUT2D eigenvalue weighted by molar-refractivity contribution is 0.0531. The number of nitrogens with zero attached hydrogens (tertiary/aromatic N) is 3. The van der Waals surface area contributed by atoms with Crippen LogP contribution in [-0.4, -0.2) is 29.2 Å². The fourth-order valence-electron chi connectivity index (χ4n) is 2.70. The van der Waals surface area contributed by atoms with Crippen LogP contribution < -0.4 is 9.47 Å². The molecule has 3 aromatic rings. The number of benzene rings is 1. The Hall–Kier alpha value is -3.18. The van der Waals surface area contributed by atoms with Gasteiger partial charge in [0, 0.05) is 6.07 Å². The minimum absolute atomic E-state index is 0.295. The maximum absolute atomic E-state index is 12.2. The van der Waals surface area contributed by atoms with Gasteiger partial charge in [0.05, 0.1) is 30.2 Å². The molecule has 0 radical (unpaired) electrons. The molecule has 7 nitrogen and oxygen atoms in total. The summed E-state index contributed by atoms with van der Waals surface area (Å²) in [5.74, 6) is 1.34. The van der Waals surface area contributed by atoms with Gasteiger partial charge in [0.2, 0.25) is 5.88 Å². The van der Waals surface area contributed by atoms with E-state index < -0.39 is 0 Å². The summed E-state index contributed by atoms with van der Waals surface area (Å²) in [6.07, 6.45) is 0. The third-order valence-corrected chi connectivity index (χ3v) is 5.07. The number of ether oxygens (including phenoxy) is 3. The van der Waals surface area contributed by atoms with Crippen LogP contribution in [0.15, 0.2) is 18.2 Å². The fourth-order valence-corrected chi connectivity index (χ4v) is 3.81. The van der Waals surface area contributed by atoms with Gasteiger partial charge in [0.25, 0.3) is 0 Å². The van der Waals surface area contributed by atoms with Gasteiger partial charge < -0.3 is 14.2 Å². The Balaban J connectivity index is 2.11.